The van der Waals surface area contributed by atoms with Crippen LogP contribution in [0.4, 0.5) is 0 Å². The van der Waals surface area contributed by atoms with E-state index in [4.69, 9.17) is 0 Å². The maximum Gasteiger partial charge on any atom is 0.126 e. The maximum absolute atomic E-state index is 9.74. The first kappa shape index (κ1) is 57.6. The van der Waals surface area contributed by atoms with Gasteiger partial charge in [-0.15, -0.1) is 17.6 Å². The summed E-state index contributed by atoms with van der Waals surface area (Å²) in [5.41, 5.74) is 3.93. The van der Waals surface area contributed by atoms with Crippen molar-refractivity contribution in [2.45, 2.75) is 184 Å². The molecule has 0 heterocycles. The van der Waals surface area contributed by atoms with Crippen LogP contribution in [-0.2, 0) is 4.79 Å². The Morgan fingerprint density at radius 2 is 0.932 bits per heavy atom. The molecule has 0 fully saturated rings. The molecule has 4 heteroatoms. The molecule has 0 aromatic rings. The molecular formula is C40H78O4. The molecule has 4 nitrogen and oxygen atoms in total. The number of carbonyl (C=O) groups excluding carboxylic acids is 1. The molecule has 0 rings (SSSR count). The quantitative estimate of drug-likeness (QED) is 0.166. The van der Waals surface area contributed by atoms with Crippen molar-refractivity contribution >= 4 is 5.78 Å². The van der Waals surface area contributed by atoms with Gasteiger partial charge in [0.1, 0.15) is 5.78 Å². The fourth-order valence-electron chi connectivity index (χ4n) is 3.07. The second-order valence-corrected chi connectivity index (χ2v) is 14.9. The summed E-state index contributed by atoms with van der Waals surface area (Å²) in [5, 5.41) is 28.7. The first-order valence-electron chi connectivity index (χ1n) is 14.7. The lowest BCUT2D eigenvalue weighted by Crippen LogP contribution is -2.37. The molecule has 0 aromatic carbocycles. The summed E-state index contributed by atoms with van der Waals surface area (Å²) >= 11 is 0. The molecule has 3 N–H and O–H groups in total. The second-order valence-electron chi connectivity index (χ2n) is 14.9. The van der Waals surface area contributed by atoms with Crippen molar-refractivity contribution in [1.29, 1.82) is 0 Å². The van der Waals surface area contributed by atoms with Crippen LogP contribution in [0, 0.1) is 39.9 Å². The van der Waals surface area contributed by atoms with Crippen LogP contribution in [0.2, 0.25) is 0 Å². The van der Waals surface area contributed by atoms with Crippen molar-refractivity contribution in [1.82, 2.24) is 0 Å². The standard InChI is InChI=1S/C10H20O.2C9H16O.C7H12.C3H6O.2CH4/c1-7-8(9(2,3)4)10(5,6)11;1-7(2)6-8(3)9(4,5)10;1-6-7-8(2,3)9(4,5)10;1-5-6-7(2,3)4;1-3(2)4;;/h7,11H,1-6H3;2*10H,1-5H3;1-4H3;1-2H3;2*1H4/b8-7+;;;;;;. The summed E-state index contributed by atoms with van der Waals surface area (Å²) in [7, 11) is 0. The topological polar surface area (TPSA) is 77.8 Å². The molecular weight excluding hydrogens is 544 g/mol. The molecule has 0 aliphatic carbocycles. The van der Waals surface area contributed by atoms with Gasteiger partial charge in [0.15, 0.2) is 0 Å². The SMILES string of the molecule is C.C.C/C=C(\C(C)(C)C)C(C)(C)O.CC#CC(C)(C)C.CC#CC(C)(C)C(C)(C)O.CC(C)=C=C(C)C(C)(C)O.CC(C)=O. The Hall–Kier alpha value is -2.07. The summed E-state index contributed by atoms with van der Waals surface area (Å²) < 4.78 is 0. The number of rotatable bonds is 3. The van der Waals surface area contributed by atoms with Gasteiger partial charge in [0.2, 0.25) is 0 Å². The smallest absolute Gasteiger partial charge is 0.126 e. The van der Waals surface area contributed by atoms with Gasteiger partial charge in [-0.25, -0.2) is 0 Å². The highest BCUT2D eigenvalue weighted by atomic mass is 16.3. The van der Waals surface area contributed by atoms with Crippen LogP contribution < -0.4 is 0 Å². The van der Waals surface area contributed by atoms with E-state index in [1.54, 1.807) is 34.6 Å². The minimum atomic E-state index is -0.726. The van der Waals surface area contributed by atoms with Crippen LogP contribution in [0.1, 0.15) is 167 Å². The summed E-state index contributed by atoms with van der Waals surface area (Å²) in [6.07, 6.45) is 2.00. The van der Waals surface area contributed by atoms with Crippen LogP contribution >= 0.6 is 0 Å². The third kappa shape index (κ3) is 39.9. The molecule has 0 saturated carbocycles. The first-order chi connectivity index (χ1) is 18.1. The Balaban J connectivity index is -0.0000000792. The highest BCUT2D eigenvalue weighted by molar-refractivity contribution is 5.72. The molecule has 0 aliphatic rings. The Morgan fingerprint density at radius 1 is 0.614 bits per heavy atom. The van der Waals surface area contributed by atoms with E-state index >= 15 is 0 Å². The molecule has 0 radical (unpaired) electrons. The lowest BCUT2D eigenvalue weighted by atomic mass is 9.77. The third-order valence-electron chi connectivity index (χ3n) is 5.58. The highest BCUT2D eigenvalue weighted by Crippen LogP contribution is 2.33. The zero-order valence-electron chi connectivity index (χ0n) is 31.8. The number of hydrogen-bond acceptors (Lipinski definition) is 4. The summed E-state index contributed by atoms with van der Waals surface area (Å²) in [5.74, 6) is 11.8. The Labute approximate surface area is 277 Å². The van der Waals surface area contributed by atoms with E-state index in [2.05, 4.69) is 71.0 Å². The molecule has 44 heavy (non-hydrogen) atoms. The molecule has 262 valence electrons. The van der Waals surface area contributed by atoms with Crippen molar-refractivity contribution in [3.63, 3.8) is 0 Å². The van der Waals surface area contributed by atoms with Crippen molar-refractivity contribution in [2.24, 2.45) is 16.2 Å². The van der Waals surface area contributed by atoms with Crippen LogP contribution in [0.5, 0.6) is 0 Å². The average Bonchev–Trinajstić information content (AvgIpc) is 2.64. The normalized spacial score (nSPS) is 11.2. The summed E-state index contributed by atoms with van der Waals surface area (Å²) in [4.78, 5) is 9.44. The number of hydrogen-bond donors (Lipinski definition) is 3. The monoisotopic (exact) mass is 623 g/mol. The summed E-state index contributed by atoms with van der Waals surface area (Å²) in [6, 6.07) is 0. The number of ketones is 1. The van der Waals surface area contributed by atoms with Gasteiger partial charge in [0, 0.05) is 5.41 Å². The van der Waals surface area contributed by atoms with Gasteiger partial charge < -0.3 is 20.1 Å². The van der Waals surface area contributed by atoms with Gasteiger partial charge in [-0.05, 0) is 154 Å². The molecule has 0 amide bonds. The van der Waals surface area contributed by atoms with E-state index in [0.29, 0.717) is 0 Å². The summed E-state index contributed by atoms with van der Waals surface area (Å²) in [6.45, 7) is 41.7. The first-order valence-corrected chi connectivity index (χ1v) is 14.7. The number of carbonyl (C=O) groups is 1. The van der Waals surface area contributed by atoms with Gasteiger partial charge in [0.25, 0.3) is 0 Å². The van der Waals surface area contributed by atoms with Crippen LogP contribution in [0.3, 0.4) is 0 Å². The van der Waals surface area contributed by atoms with E-state index in [-0.39, 0.29) is 36.9 Å². The highest BCUT2D eigenvalue weighted by Gasteiger charge is 2.33. The molecule has 0 unspecified atom stereocenters. The molecule has 0 atom stereocenters. The zero-order chi connectivity index (χ0) is 35.6. The van der Waals surface area contributed by atoms with Crippen molar-refractivity contribution in [2.75, 3.05) is 0 Å². The van der Waals surface area contributed by atoms with Gasteiger partial charge in [-0.3, -0.25) is 0 Å². The van der Waals surface area contributed by atoms with Crippen LogP contribution in [0.25, 0.3) is 0 Å². The molecule has 0 aliphatic heterocycles. The van der Waals surface area contributed by atoms with E-state index < -0.39 is 16.8 Å². The zero-order valence-corrected chi connectivity index (χ0v) is 31.8. The Kier molecular flexibility index (Phi) is 31.7. The van der Waals surface area contributed by atoms with Crippen molar-refractivity contribution in [3.8, 4) is 23.7 Å². The Morgan fingerprint density at radius 3 is 0.977 bits per heavy atom. The van der Waals surface area contributed by atoms with Gasteiger partial charge in [-0.1, -0.05) is 53.5 Å². The maximum atomic E-state index is 9.74. The van der Waals surface area contributed by atoms with Gasteiger partial charge in [0.05, 0.1) is 22.2 Å². The molecule has 0 aromatic heterocycles. The van der Waals surface area contributed by atoms with Crippen LogP contribution in [-0.4, -0.2) is 37.9 Å². The predicted octanol–water partition coefficient (Wildman–Crippen LogP) is 10.7. The molecule has 0 saturated heterocycles. The van der Waals surface area contributed by atoms with Gasteiger partial charge in [-0.2, -0.15) is 0 Å². The largest absolute Gasteiger partial charge is 0.389 e. The van der Waals surface area contributed by atoms with Crippen molar-refractivity contribution < 1.29 is 20.1 Å². The minimum absolute atomic E-state index is 0. The Bertz CT molecular complexity index is 963. The number of aliphatic hydroxyl groups is 3. The van der Waals surface area contributed by atoms with E-state index in [0.717, 1.165) is 16.7 Å². The van der Waals surface area contributed by atoms with E-state index in [1.807, 2.05) is 68.4 Å². The lowest BCUT2D eigenvalue weighted by Gasteiger charge is -2.32. The lowest BCUT2D eigenvalue weighted by molar-refractivity contribution is -0.115. The third-order valence-corrected chi connectivity index (χ3v) is 5.58. The van der Waals surface area contributed by atoms with E-state index in [1.165, 1.54) is 13.8 Å². The van der Waals surface area contributed by atoms with E-state index in [9.17, 15) is 20.1 Å². The number of allylic oxidation sites excluding steroid dienone is 1. The predicted molar refractivity (Wildman–Crippen MR) is 200 cm³/mol. The van der Waals surface area contributed by atoms with Crippen molar-refractivity contribution in [3.05, 3.63) is 28.5 Å². The average molecular weight is 623 g/mol. The number of Topliss-reactive ketones (excluding diaryl/α,β-unsaturated/α-hetero) is 1. The second kappa shape index (κ2) is 24.2. The fourth-order valence-corrected chi connectivity index (χ4v) is 3.07. The minimum Gasteiger partial charge on any atom is -0.389 e. The van der Waals surface area contributed by atoms with Crippen LogP contribution in [0.15, 0.2) is 28.5 Å². The molecule has 0 bridgehead atoms. The van der Waals surface area contributed by atoms with Gasteiger partial charge >= 0.3 is 0 Å². The molecule has 0 spiro atoms. The fraction of sp³-hybridized carbons (Fsp3) is 0.750.